The summed E-state index contributed by atoms with van der Waals surface area (Å²) in [4.78, 5) is 29.5. The second-order valence-electron chi connectivity index (χ2n) is 8.86. The lowest BCUT2D eigenvalue weighted by Gasteiger charge is -2.31. The minimum Gasteiger partial charge on any atom is -0.322 e. The topological polar surface area (TPSA) is 52.6 Å². The first-order valence-electron chi connectivity index (χ1n) is 10.2. The number of rotatable bonds is 5. The van der Waals surface area contributed by atoms with Gasteiger partial charge in [0, 0.05) is 43.0 Å². The van der Waals surface area contributed by atoms with Gasteiger partial charge >= 0.3 is 0 Å². The van der Waals surface area contributed by atoms with Crippen LogP contribution in [0.25, 0.3) is 0 Å². The number of piperazine rings is 1. The number of hydrogen-bond donors (Lipinski definition) is 1. The molecule has 0 unspecified atom stereocenters. The lowest BCUT2D eigenvalue weighted by atomic mass is 9.87. The van der Waals surface area contributed by atoms with Gasteiger partial charge in [-0.15, -0.1) is 0 Å². The number of anilines is 1. The fourth-order valence-corrected chi connectivity index (χ4v) is 3.36. The zero-order valence-corrected chi connectivity index (χ0v) is 17.9. The molecule has 5 nitrogen and oxygen atoms in total. The van der Waals surface area contributed by atoms with Gasteiger partial charge in [0.1, 0.15) is 0 Å². The van der Waals surface area contributed by atoms with E-state index in [2.05, 4.69) is 42.9 Å². The van der Waals surface area contributed by atoms with Crippen LogP contribution in [0.15, 0.2) is 48.5 Å². The first kappa shape index (κ1) is 21.2. The quantitative estimate of drug-likeness (QED) is 0.788. The second kappa shape index (κ2) is 8.89. The Morgan fingerprint density at radius 2 is 1.41 bits per heavy atom. The highest BCUT2D eigenvalue weighted by atomic mass is 16.1. The molecule has 2 aromatic rings. The number of nitrogens with one attached hydrogen (secondary N) is 1. The average molecular weight is 394 g/mol. The fraction of sp³-hybridized carbons (Fsp3) is 0.417. The van der Waals surface area contributed by atoms with Gasteiger partial charge in [-0.1, -0.05) is 32.9 Å². The minimum absolute atomic E-state index is 0.0570. The summed E-state index contributed by atoms with van der Waals surface area (Å²) in [5, 5.41) is 2.90. The van der Waals surface area contributed by atoms with Gasteiger partial charge in [-0.05, 0) is 54.4 Å². The number of ketones is 1. The van der Waals surface area contributed by atoms with Gasteiger partial charge in [0.2, 0.25) is 0 Å². The monoisotopic (exact) mass is 393 g/mol. The summed E-state index contributed by atoms with van der Waals surface area (Å²) in [6.45, 7) is 10.7. The summed E-state index contributed by atoms with van der Waals surface area (Å²) in [6.07, 6.45) is 0. The number of carbonyl (C=O) groups excluding carboxylic acids is 2. The molecule has 29 heavy (non-hydrogen) atoms. The summed E-state index contributed by atoms with van der Waals surface area (Å²) >= 11 is 0. The molecule has 1 heterocycles. The fourth-order valence-electron chi connectivity index (χ4n) is 3.36. The summed E-state index contributed by atoms with van der Waals surface area (Å²) in [7, 11) is 2.10. The van der Waals surface area contributed by atoms with Crippen molar-refractivity contribution in [2.45, 2.75) is 26.2 Å². The maximum Gasteiger partial charge on any atom is 0.255 e. The molecule has 1 aliphatic heterocycles. The predicted molar refractivity (Wildman–Crippen MR) is 118 cm³/mol. The van der Waals surface area contributed by atoms with E-state index < -0.39 is 0 Å². The lowest BCUT2D eigenvalue weighted by molar-refractivity contribution is 0.0876. The van der Waals surface area contributed by atoms with Gasteiger partial charge in [-0.2, -0.15) is 0 Å². The SMILES string of the molecule is CN1CCN(CC(=O)c2ccc(NC(=O)c3ccc(C(C)(C)C)cc3)cc2)CC1. The number of Topliss-reactive ketones (excluding diaryl/α,β-unsaturated/α-hetero) is 1. The van der Waals surface area contributed by atoms with E-state index in [0.29, 0.717) is 23.4 Å². The van der Waals surface area contributed by atoms with Gasteiger partial charge < -0.3 is 10.2 Å². The van der Waals surface area contributed by atoms with Crippen LogP contribution in [0.1, 0.15) is 47.1 Å². The van der Waals surface area contributed by atoms with Crippen LogP contribution in [-0.4, -0.2) is 61.3 Å². The highest BCUT2D eigenvalue weighted by Gasteiger charge is 2.18. The number of likely N-dealkylation sites (N-methyl/N-ethyl adjacent to an activating group) is 1. The molecule has 0 saturated carbocycles. The van der Waals surface area contributed by atoms with Crippen LogP contribution in [0, 0.1) is 0 Å². The van der Waals surface area contributed by atoms with Crippen molar-refractivity contribution in [1.82, 2.24) is 9.80 Å². The van der Waals surface area contributed by atoms with E-state index in [9.17, 15) is 9.59 Å². The van der Waals surface area contributed by atoms with Crippen LogP contribution < -0.4 is 5.32 Å². The Morgan fingerprint density at radius 1 is 0.862 bits per heavy atom. The normalized spacial score (nSPS) is 15.9. The van der Waals surface area contributed by atoms with E-state index >= 15 is 0 Å². The minimum atomic E-state index is -0.151. The number of hydrogen-bond acceptors (Lipinski definition) is 4. The third-order valence-corrected chi connectivity index (χ3v) is 5.44. The van der Waals surface area contributed by atoms with E-state index in [1.165, 1.54) is 5.56 Å². The molecule has 0 radical (unpaired) electrons. The van der Waals surface area contributed by atoms with Crippen molar-refractivity contribution < 1.29 is 9.59 Å². The number of nitrogens with zero attached hydrogens (tertiary/aromatic N) is 2. The third kappa shape index (κ3) is 5.75. The largest absolute Gasteiger partial charge is 0.322 e. The predicted octanol–water partition coefficient (Wildman–Crippen LogP) is 3.67. The number of amides is 1. The third-order valence-electron chi connectivity index (χ3n) is 5.44. The molecule has 1 aliphatic rings. The maximum atomic E-state index is 12.5. The molecule has 154 valence electrons. The highest BCUT2D eigenvalue weighted by Crippen LogP contribution is 2.22. The summed E-state index contributed by atoms with van der Waals surface area (Å²) < 4.78 is 0. The highest BCUT2D eigenvalue weighted by molar-refractivity contribution is 6.04. The van der Waals surface area contributed by atoms with Gasteiger partial charge in [-0.25, -0.2) is 0 Å². The Morgan fingerprint density at radius 3 is 1.97 bits per heavy atom. The molecule has 0 spiro atoms. The molecule has 0 aliphatic carbocycles. The van der Waals surface area contributed by atoms with E-state index in [4.69, 9.17) is 0 Å². The van der Waals surface area contributed by atoms with Gasteiger partial charge in [0.05, 0.1) is 6.54 Å². The van der Waals surface area contributed by atoms with Gasteiger partial charge in [0.25, 0.3) is 5.91 Å². The smallest absolute Gasteiger partial charge is 0.255 e. The van der Waals surface area contributed by atoms with Gasteiger partial charge in [-0.3, -0.25) is 14.5 Å². The first-order valence-corrected chi connectivity index (χ1v) is 10.2. The Bertz CT molecular complexity index is 843. The molecule has 3 rings (SSSR count). The van der Waals surface area contributed by atoms with E-state index in [-0.39, 0.29) is 17.1 Å². The van der Waals surface area contributed by atoms with Crippen LogP contribution in [0.5, 0.6) is 0 Å². The van der Waals surface area contributed by atoms with Crippen molar-refractivity contribution in [2.75, 3.05) is 45.1 Å². The van der Waals surface area contributed by atoms with E-state index in [1.54, 1.807) is 24.3 Å². The summed E-state index contributed by atoms with van der Waals surface area (Å²) in [5.41, 5.74) is 3.23. The molecular formula is C24H31N3O2. The van der Waals surface area contributed by atoms with Crippen molar-refractivity contribution in [3.8, 4) is 0 Å². The molecule has 1 N–H and O–H groups in total. The van der Waals surface area contributed by atoms with Crippen molar-refractivity contribution in [2.24, 2.45) is 0 Å². The molecular weight excluding hydrogens is 362 g/mol. The Balaban J connectivity index is 1.57. The molecule has 0 bridgehead atoms. The van der Waals surface area contributed by atoms with E-state index in [1.807, 2.05) is 24.3 Å². The van der Waals surface area contributed by atoms with Crippen LogP contribution in [0.4, 0.5) is 5.69 Å². The van der Waals surface area contributed by atoms with Crippen LogP contribution in [0.3, 0.4) is 0 Å². The van der Waals surface area contributed by atoms with Gasteiger partial charge in [0.15, 0.2) is 5.78 Å². The first-order chi connectivity index (χ1) is 13.7. The van der Waals surface area contributed by atoms with E-state index in [0.717, 1.165) is 26.2 Å². The Kier molecular flexibility index (Phi) is 6.50. The summed E-state index contributed by atoms with van der Waals surface area (Å²) in [5.74, 6) is -0.0350. The lowest BCUT2D eigenvalue weighted by Crippen LogP contribution is -2.46. The Labute approximate surface area is 173 Å². The molecule has 1 fully saturated rings. The second-order valence-corrected chi connectivity index (χ2v) is 8.86. The standard InChI is InChI=1S/C24H31N3O2/c1-24(2,3)20-9-5-19(6-10-20)23(29)25-21-11-7-18(8-12-21)22(28)17-27-15-13-26(4)14-16-27/h5-12H,13-17H2,1-4H3,(H,25,29). The van der Waals surface area contributed by atoms with Crippen LogP contribution in [-0.2, 0) is 5.41 Å². The van der Waals surface area contributed by atoms with Crippen LogP contribution in [0.2, 0.25) is 0 Å². The number of carbonyl (C=O) groups is 2. The molecule has 1 amide bonds. The average Bonchev–Trinajstić information content (AvgIpc) is 2.69. The van der Waals surface area contributed by atoms with Crippen molar-refractivity contribution in [3.05, 3.63) is 65.2 Å². The maximum absolute atomic E-state index is 12.5. The summed E-state index contributed by atoms with van der Waals surface area (Å²) in [6, 6.07) is 14.8. The zero-order chi connectivity index (χ0) is 21.0. The molecule has 5 heteroatoms. The molecule has 0 atom stereocenters. The zero-order valence-electron chi connectivity index (χ0n) is 17.9. The van der Waals surface area contributed by atoms with Crippen LogP contribution >= 0.6 is 0 Å². The van der Waals surface area contributed by atoms with Crippen molar-refractivity contribution in [3.63, 3.8) is 0 Å². The molecule has 2 aromatic carbocycles. The number of benzene rings is 2. The van der Waals surface area contributed by atoms with Crippen molar-refractivity contribution in [1.29, 1.82) is 0 Å². The molecule has 0 aromatic heterocycles. The van der Waals surface area contributed by atoms with Crippen molar-refractivity contribution >= 4 is 17.4 Å². The molecule has 1 saturated heterocycles. The Hall–Kier alpha value is -2.50.